The third-order valence-electron chi connectivity index (χ3n) is 1.81. The molecule has 0 saturated heterocycles. The van der Waals surface area contributed by atoms with Crippen LogP contribution in [0, 0.1) is 0 Å². The highest BCUT2D eigenvalue weighted by Crippen LogP contribution is 2.08. The van der Waals surface area contributed by atoms with Crippen molar-refractivity contribution in [2.45, 2.75) is 0 Å². The van der Waals surface area contributed by atoms with Crippen LogP contribution >= 0.6 is 0 Å². The first-order valence-electron chi connectivity index (χ1n) is 4.79. The highest BCUT2D eigenvalue weighted by atomic mass is 16.4. The van der Waals surface area contributed by atoms with Gasteiger partial charge in [-0.05, 0) is 24.3 Å². The molecule has 0 unspecified atom stereocenters. The molecule has 1 aromatic rings. The lowest BCUT2D eigenvalue weighted by Gasteiger charge is -2.04. The Morgan fingerprint density at radius 2 is 1.61 bits per heavy atom. The number of aliphatic carboxylic acids is 1. The van der Waals surface area contributed by atoms with Gasteiger partial charge in [-0.1, -0.05) is 0 Å². The highest BCUT2D eigenvalue weighted by molar-refractivity contribution is 5.98. The average molecular weight is 250 g/mol. The van der Waals surface area contributed by atoms with Crippen molar-refractivity contribution in [3.8, 4) is 5.75 Å². The molecule has 0 aliphatic rings. The van der Waals surface area contributed by atoms with Gasteiger partial charge in [0.25, 0.3) is 11.8 Å². The number of amides is 2. The van der Waals surface area contributed by atoms with Gasteiger partial charge in [0.2, 0.25) is 0 Å². The molecule has 0 saturated carbocycles. The topological polar surface area (TPSA) is 116 Å². The number of nitrogens with one attached hydrogen (secondary N) is 2. The van der Waals surface area contributed by atoms with E-state index in [0.29, 0.717) is 6.08 Å². The first kappa shape index (κ1) is 13.2. The minimum atomic E-state index is -1.27. The molecule has 0 aromatic heterocycles. The fourth-order valence-corrected chi connectivity index (χ4v) is 0.992. The second kappa shape index (κ2) is 6.04. The number of aromatic hydroxyl groups is 1. The number of hydrogen-bond donors (Lipinski definition) is 4. The lowest BCUT2D eigenvalue weighted by atomic mass is 10.2. The Labute approximate surface area is 102 Å². The van der Waals surface area contributed by atoms with E-state index >= 15 is 0 Å². The molecule has 1 rings (SSSR count). The number of hydrazine groups is 1. The predicted octanol–water partition coefficient (Wildman–Crippen LogP) is -0.206. The maximum atomic E-state index is 11.5. The van der Waals surface area contributed by atoms with E-state index < -0.39 is 17.8 Å². The van der Waals surface area contributed by atoms with E-state index in [0.717, 1.165) is 6.08 Å². The monoisotopic (exact) mass is 250 g/mol. The van der Waals surface area contributed by atoms with Crippen molar-refractivity contribution < 1.29 is 24.6 Å². The van der Waals surface area contributed by atoms with E-state index in [-0.39, 0.29) is 11.3 Å². The molecule has 0 fully saturated rings. The zero-order valence-electron chi connectivity index (χ0n) is 9.08. The van der Waals surface area contributed by atoms with Crippen LogP contribution in [0.1, 0.15) is 10.4 Å². The van der Waals surface area contributed by atoms with E-state index in [1.54, 1.807) is 0 Å². The number of carboxylic acids is 1. The lowest BCUT2D eigenvalue weighted by molar-refractivity contribution is -0.131. The van der Waals surface area contributed by atoms with Crippen molar-refractivity contribution >= 4 is 17.8 Å². The summed E-state index contributed by atoms with van der Waals surface area (Å²) in [6.07, 6.45) is 1.40. The fourth-order valence-electron chi connectivity index (χ4n) is 0.992. The van der Waals surface area contributed by atoms with Crippen LogP contribution in [0.2, 0.25) is 0 Å². The van der Waals surface area contributed by atoms with Gasteiger partial charge in [0, 0.05) is 17.7 Å². The van der Waals surface area contributed by atoms with Gasteiger partial charge in [-0.25, -0.2) is 4.79 Å². The summed E-state index contributed by atoms with van der Waals surface area (Å²) in [5.74, 6) is -2.62. The standard InChI is InChI=1S/C11H10N2O5/c14-8-3-1-7(2-4-8)11(18)13-12-9(15)5-6-10(16)17/h1-6,14H,(H,12,15)(H,13,18)(H,16,17). The summed E-state index contributed by atoms with van der Waals surface area (Å²) in [5, 5.41) is 17.3. The highest BCUT2D eigenvalue weighted by Gasteiger charge is 2.05. The van der Waals surface area contributed by atoms with E-state index in [4.69, 9.17) is 10.2 Å². The van der Waals surface area contributed by atoms with Gasteiger partial charge >= 0.3 is 5.97 Å². The van der Waals surface area contributed by atoms with Gasteiger partial charge in [-0.3, -0.25) is 20.4 Å². The second-order valence-corrected chi connectivity index (χ2v) is 3.16. The summed E-state index contributed by atoms with van der Waals surface area (Å²) in [5.41, 5.74) is 4.31. The van der Waals surface area contributed by atoms with Crippen molar-refractivity contribution in [2.24, 2.45) is 0 Å². The Morgan fingerprint density at radius 3 is 2.17 bits per heavy atom. The quantitative estimate of drug-likeness (QED) is 0.437. The molecule has 4 N–H and O–H groups in total. The van der Waals surface area contributed by atoms with E-state index in [1.165, 1.54) is 24.3 Å². The van der Waals surface area contributed by atoms with Crippen molar-refractivity contribution in [1.29, 1.82) is 0 Å². The predicted molar refractivity (Wildman–Crippen MR) is 60.5 cm³/mol. The van der Waals surface area contributed by atoms with Gasteiger partial charge in [-0.15, -0.1) is 0 Å². The molecule has 0 aliphatic carbocycles. The minimum Gasteiger partial charge on any atom is -0.508 e. The number of carbonyl (C=O) groups is 3. The van der Waals surface area contributed by atoms with E-state index in [9.17, 15) is 14.4 Å². The largest absolute Gasteiger partial charge is 0.508 e. The molecule has 7 heteroatoms. The second-order valence-electron chi connectivity index (χ2n) is 3.16. The molecule has 0 atom stereocenters. The summed E-state index contributed by atoms with van der Waals surface area (Å²) >= 11 is 0. The van der Waals surface area contributed by atoms with Crippen LogP contribution < -0.4 is 10.9 Å². The Bertz CT molecular complexity index is 493. The van der Waals surface area contributed by atoms with Crippen molar-refractivity contribution in [3.63, 3.8) is 0 Å². The molecular formula is C11H10N2O5. The molecule has 2 amide bonds. The Morgan fingerprint density at radius 1 is 1.00 bits per heavy atom. The molecule has 1 aromatic carbocycles. The van der Waals surface area contributed by atoms with Gasteiger partial charge in [-0.2, -0.15) is 0 Å². The number of rotatable bonds is 3. The molecule has 7 nitrogen and oxygen atoms in total. The van der Waals surface area contributed by atoms with Gasteiger partial charge in [0.05, 0.1) is 0 Å². The third kappa shape index (κ3) is 4.35. The van der Waals surface area contributed by atoms with Crippen LogP contribution in [0.3, 0.4) is 0 Å². The summed E-state index contributed by atoms with van der Waals surface area (Å²) in [6, 6.07) is 5.37. The van der Waals surface area contributed by atoms with Gasteiger partial charge < -0.3 is 10.2 Å². The Kier molecular flexibility index (Phi) is 4.44. The van der Waals surface area contributed by atoms with Crippen LogP contribution in [-0.4, -0.2) is 28.0 Å². The first-order chi connectivity index (χ1) is 8.49. The van der Waals surface area contributed by atoms with Crippen LogP contribution in [0.25, 0.3) is 0 Å². The molecule has 0 radical (unpaired) electrons. The molecule has 94 valence electrons. The van der Waals surface area contributed by atoms with E-state index in [1.807, 2.05) is 5.43 Å². The summed E-state index contributed by atoms with van der Waals surface area (Å²) < 4.78 is 0. The molecule has 0 heterocycles. The molecule has 0 bridgehead atoms. The summed E-state index contributed by atoms with van der Waals surface area (Å²) in [6.45, 7) is 0. The van der Waals surface area contributed by atoms with Crippen LogP contribution in [0.5, 0.6) is 5.75 Å². The Balaban J connectivity index is 2.49. The zero-order chi connectivity index (χ0) is 13.5. The molecule has 0 spiro atoms. The molecule has 0 aliphatic heterocycles. The number of hydrogen-bond acceptors (Lipinski definition) is 4. The molecule has 18 heavy (non-hydrogen) atoms. The average Bonchev–Trinajstić information content (AvgIpc) is 2.34. The minimum absolute atomic E-state index is 0.0139. The van der Waals surface area contributed by atoms with Gasteiger partial charge in [0.15, 0.2) is 0 Å². The molecular weight excluding hydrogens is 240 g/mol. The maximum Gasteiger partial charge on any atom is 0.328 e. The smallest absolute Gasteiger partial charge is 0.328 e. The van der Waals surface area contributed by atoms with Crippen molar-refractivity contribution in [1.82, 2.24) is 10.9 Å². The van der Waals surface area contributed by atoms with Crippen molar-refractivity contribution in [3.05, 3.63) is 42.0 Å². The number of carbonyl (C=O) groups excluding carboxylic acids is 2. The summed E-state index contributed by atoms with van der Waals surface area (Å²) in [4.78, 5) is 32.6. The van der Waals surface area contributed by atoms with Crippen LogP contribution in [-0.2, 0) is 9.59 Å². The fraction of sp³-hybridized carbons (Fsp3) is 0. The zero-order valence-corrected chi connectivity index (χ0v) is 9.08. The van der Waals surface area contributed by atoms with Crippen LogP contribution in [0.15, 0.2) is 36.4 Å². The van der Waals surface area contributed by atoms with Crippen molar-refractivity contribution in [2.75, 3.05) is 0 Å². The van der Waals surface area contributed by atoms with Crippen LogP contribution in [0.4, 0.5) is 0 Å². The normalized spacial score (nSPS) is 10.0. The number of benzene rings is 1. The Hall–Kier alpha value is -2.83. The number of carboxylic acid groups (broad SMARTS) is 1. The number of phenols is 1. The number of phenolic OH excluding ortho intramolecular Hbond substituents is 1. The van der Waals surface area contributed by atoms with Gasteiger partial charge in [0.1, 0.15) is 5.75 Å². The maximum absolute atomic E-state index is 11.5. The SMILES string of the molecule is O=C(O)C=CC(=O)NNC(=O)c1ccc(O)cc1. The first-order valence-corrected chi connectivity index (χ1v) is 4.79. The summed E-state index contributed by atoms with van der Waals surface area (Å²) in [7, 11) is 0. The third-order valence-corrected chi connectivity index (χ3v) is 1.81. The van der Waals surface area contributed by atoms with E-state index in [2.05, 4.69) is 5.43 Å². The lowest BCUT2D eigenvalue weighted by Crippen LogP contribution is -2.40.